The molecule has 1 aliphatic rings. The van der Waals surface area contributed by atoms with Gasteiger partial charge >= 0.3 is 0 Å². The molecule has 0 aromatic heterocycles. The van der Waals surface area contributed by atoms with Crippen LogP contribution in [-0.2, 0) is 0 Å². The maximum Gasteiger partial charge on any atom is 0.126 e. The molecule has 0 bridgehead atoms. The number of phenols is 1. The van der Waals surface area contributed by atoms with E-state index in [4.69, 9.17) is 10.5 Å². The number of aromatic hydroxyl groups is 1. The number of ether oxygens (including phenoxy) is 1. The van der Waals surface area contributed by atoms with Gasteiger partial charge in [0.1, 0.15) is 17.6 Å². The van der Waals surface area contributed by atoms with Gasteiger partial charge in [0.25, 0.3) is 0 Å². The summed E-state index contributed by atoms with van der Waals surface area (Å²) in [6, 6.07) is 13.0. The molecule has 2 aromatic carbocycles. The largest absolute Gasteiger partial charge is 0.508 e. The molecule has 1 aliphatic heterocycles. The van der Waals surface area contributed by atoms with Gasteiger partial charge in [-0.2, -0.15) is 0 Å². The highest BCUT2D eigenvalue weighted by atomic mass is 79.9. The molecule has 0 fully saturated rings. The summed E-state index contributed by atoms with van der Waals surface area (Å²) in [6.07, 6.45) is 0.585. The van der Waals surface area contributed by atoms with E-state index in [1.54, 1.807) is 12.1 Å². The van der Waals surface area contributed by atoms with E-state index >= 15 is 0 Å². The first-order chi connectivity index (χ1) is 9.13. The Hall–Kier alpha value is -1.52. The Morgan fingerprint density at radius 2 is 2.05 bits per heavy atom. The van der Waals surface area contributed by atoms with E-state index in [2.05, 4.69) is 15.9 Å². The summed E-state index contributed by atoms with van der Waals surface area (Å²) in [6.45, 7) is 0. The lowest BCUT2D eigenvalue weighted by Gasteiger charge is -2.30. The first-order valence-corrected chi connectivity index (χ1v) is 6.93. The number of nitrogens with two attached hydrogens (primary N) is 1. The standard InChI is InChI=1S/C15H14BrNO2/c16-10-4-5-12-13(17)8-14(19-15(12)7-10)9-2-1-3-11(18)6-9/h1-7,13-14,18H,8,17H2. The van der Waals surface area contributed by atoms with Gasteiger partial charge in [0.2, 0.25) is 0 Å². The molecule has 0 amide bonds. The zero-order valence-corrected chi connectivity index (χ0v) is 11.8. The van der Waals surface area contributed by atoms with Gasteiger partial charge in [-0.25, -0.2) is 0 Å². The normalized spacial score (nSPS) is 21.6. The van der Waals surface area contributed by atoms with Crippen molar-refractivity contribution >= 4 is 15.9 Å². The zero-order valence-electron chi connectivity index (χ0n) is 10.2. The highest BCUT2D eigenvalue weighted by molar-refractivity contribution is 9.10. The number of benzene rings is 2. The van der Waals surface area contributed by atoms with Crippen LogP contribution in [0.5, 0.6) is 11.5 Å². The van der Waals surface area contributed by atoms with Crippen LogP contribution in [0.1, 0.15) is 29.7 Å². The minimum atomic E-state index is -0.121. The number of fused-ring (bicyclic) bond motifs is 1. The third-order valence-electron chi connectivity index (χ3n) is 3.35. The Bertz CT molecular complexity index is 615. The van der Waals surface area contributed by atoms with Crippen LogP contribution in [0, 0.1) is 0 Å². The quantitative estimate of drug-likeness (QED) is 0.843. The van der Waals surface area contributed by atoms with Crippen LogP contribution in [0.25, 0.3) is 0 Å². The zero-order chi connectivity index (χ0) is 13.4. The third kappa shape index (κ3) is 2.46. The first-order valence-electron chi connectivity index (χ1n) is 6.14. The fraction of sp³-hybridized carbons (Fsp3) is 0.200. The lowest BCUT2D eigenvalue weighted by Crippen LogP contribution is -2.24. The number of rotatable bonds is 1. The molecule has 3 nitrogen and oxygen atoms in total. The Balaban J connectivity index is 1.96. The van der Waals surface area contributed by atoms with Crippen molar-refractivity contribution in [3.05, 3.63) is 58.1 Å². The van der Waals surface area contributed by atoms with E-state index in [1.165, 1.54) is 0 Å². The van der Waals surface area contributed by atoms with Gasteiger partial charge in [-0.05, 0) is 29.8 Å². The smallest absolute Gasteiger partial charge is 0.126 e. The predicted octanol–water partition coefficient (Wildman–Crippen LogP) is 3.68. The Morgan fingerprint density at radius 3 is 2.84 bits per heavy atom. The van der Waals surface area contributed by atoms with Crippen molar-refractivity contribution in [2.24, 2.45) is 5.73 Å². The molecule has 0 aliphatic carbocycles. The molecule has 3 N–H and O–H groups in total. The van der Waals surface area contributed by atoms with Crippen molar-refractivity contribution in [3.8, 4) is 11.5 Å². The molecular formula is C15H14BrNO2. The van der Waals surface area contributed by atoms with Crippen molar-refractivity contribution < 1.29 is 9.84 Å². The van der Waals surface area contributed by atoms with Gasteiger partial charge in [-0.1, -0.05) is 34.1 Å². The SMILES string of the molecule is NC1CC(c2cccc(O)c2)Oc2cc(Br)ccc21. The highest BCUT2D eigenvalue weighted by Crippen LogP contribution is 2.41. The van der Waals surface area contributed by atoms with Crippen molar-refractivity contribution in [1.82, 2.24) is 0 Å². The average Bonchev–Trinajstić information content (AvgIpc) is 2.38. The van der Waals surface area contributed by atoms with E-state index in [9.17, 15) is 5.11 Å². The molecule has 2 unspecified atom stereocenters. The molecule has 98 valence electrons. The van der Waals surface area contributed by atoms with Gasteiger partial charge in [0, 0.05) is 22.5 Å². The van der Waals surface area contributed by atoms with Gasteiger partial charge in [0.15, 0.2) is 0 Å². The summed E-state index contributed by atoms with van der Waals surface area (Å²) in [4.78, 5) is 0. The van der Waals surface area contributed by atoms with Gasteiger partial charge in [-0.15, -0.1) is 0 Å². The molecule has 2 aromatic rings. The first kappa shape index (κ1) is 12.5. The molecule has 0 radical (unpaired) electrons. The van der Waals surface area contributed by atoms with Gasteiger partial charge < -0.3 is 15.6 Å². The van der Waals surface area contributed by atoms with Gasteiger partial charge in [-0.3, -0.25) is 0 Å². The van der Waals surface area contributed by atoms with Crippen LogP contribution in [-0.4, -0.2) is 5.11 Å². The number of halogens is 1. The molecule has 4 heteroatoms. The topological polar surface area (TPSA) is 55.5 Å². The van der Waals surface area contributed by atoms with Crippen molar-refractivity contribution in [2.45, 2.75) is 18.6 Å². The van der Waals surface area contributed by atoms with Gasteiger partial charge in [0.05, 0.1) is 0 Å². The number of hydrogen-bond donors (Lipinski definition) is 2. The monoisotopic (exact) mass is 319 g/mol. The predicted molar refractivity (Wildman–Crippen MR) is 77.2 cm³/mol. The highest BCUT2D eigenvalue weighted by Gasteiger charge is 2.27. The third-order valence-corrected chi connectivity index (χ3v) is 3.85. The van der Waals surface area contributed by atoms with Crippen LogP contribution in [0.4, 0.5) is 0 Å². The summed E-state index contributed by atoms with van der Waals surface area (Å²) >= 11 is 3.44. The second-order valence-electron chi connectivity index (χ2n) is 4.73. The Morgan fingerprint density at radius 1 is 1.21 bits per heavy atom. The van der Waals surface area contributed by atoms with E-state index in [-0.39, 0.29) is 17.9 Å². The molecule has 2 atom stereocenters. The molecule has 3 rings (SSSR count). The molecule has 0 saturated carbocycles. The summed E-state index contributed by atoms with van der Waals surface area (Å²) in [5.74, 6) is 1.05. The molecule has 0 spiro atoms. The number of phenolic OH excluding ortho intramolecular Hbond substituents is 1. The van der Waals surface area contributed by atoms with Crippen molar-refractivity contribution in [1.29, 1.82) is 0 Å². The number of hydrogen-bond acceptors (Lipinski definition) is 3. The Kier molecular flexibility index (Phi) is 3.21. The van der Waals surface area contributed by atoms with E-state index in [1.807, 2.05) is 30.3 Å². The van der Waals surface area contributed by atoms with Crippen LogP contribution in [0.3, 0.4) is 0 Å². The van der Waals surface area contributed by atoms with E-state index < -0.39 is 0 Å². The van der Waals surface area contributed by atoms with E-state index in [0.717, 1.165) is 21.3 Å². The van der Waals surface area contributed by atoms with Crippen LogP contribution in [0.15, 0.2) is 46.9 Å². The van der Waals surface area contributed by atoms with Crippen LogP contribution < -0.4 is 10.5 Å². The average molecular weight is 320 g/mol. The van der Waals surface area contributed by atoms with Crippen molar-refractivity contribution in [2.75, 3.05) is 0 Å². The fourth-order valence-electron chi connectivity index (χ4n) is 2.40. The maximum atomic E-state index is 9.55. The summed E-state index contributed by atoms with van der Waals surface area (Å²) in [7, 11) is 0. The molecule has 0 saturated heterocycles. The minimum absolute atomic E-state index is 0.0517. The van der Waals surface area contributed by atoms with E-state index in [0.29, 0.717) is 6.42 Å². The summed E-state index contributed by atoms with van der Waals surface area (Å²) in [5, 5.41) is 9.55. The Labute approximate surface area is 120 Å². The molecule has 1 heterocycles. The summed E-state index contributed by atoms with van der Waals surface area (Å²) in [5.41, 5.74) is 8.18. The second kappa shape index (κ2) is 4.87. The second-order valence-corrected chi connectivity index (χ2v) is 5.64. The lowest BCUT2D eigenvalue weighted by molar-refractivity contribution is 0.161. The summed E-state index contributed by atoms with van der Waals surface area (Å²) < 4.78 is 6.97. The van der Waals surface area contributed by atoms with Crippen molar-refractivity contribution in [3.63, 3.8) is 0 Å². The van der Waals surface area contributed by atoms with Crippen LogP contribution >= 0.6 is 15.9 Å². The lowest BCUT2D eigenvalue weighted by atomic mass is 9.93. The maximum absolute atomic E-state index is 9.55. The fourth-order valence-corrected chi connectivity index (χ4v) is 2.74. The molecular weight excluding hydrogens is 306 g/mol. The molecule has 19 heavy (non-hydrogen) atoms. The minimum Gasteiger partial charge on any atom is -0.508 e. The van der Waals surface area contributed by atoms with Crippen LogP contribution in [0.2, 0.25) is 0 Å².